The summed E-state index contributed by atoms with van der Waals surface area (Å²) in [5, 5.41) is 7.57. The van der Waals surface area contributed by atoms with Gasteiger partial charge in [-0.2, -0.15) is 0 Å². The molecule has 2 N–H and O–H groups in total. The van der Waals surface area contributed by atoms with Crippen molar-refractivity contribution in [1.82, 2.24) is 10.6 Å². The number of rotatable bonds is 5. The summed E-state index contributed by atoms with van der Waals surface area (Å²) in [6.07, 6.45) is 12.5. The maximum absolute atomic E-state index is 3.83. The number of nitrogens with one attached hydrogen (secondary N) is 2. The summed E-state index contributed by atoms with van der Waals surface area (Å²) >= 11 is 0. The average Bonchev–Trinajstić information content (AvgIpc) is 2.78. The van der Waals surface area contributed by atoms with Crippen molar-refractivity contribution < 1.29 is 0 Å². The number of hydrogen-bond donors (Lipinski definition) is 2. The van der Waals surface area contributed by atoms with Crippen LogP contribution < -0.4 is 10.6 Å². The zero-order chi connectivity index (χ0) is 11.3. The molecule has 94 valence electrons. The van der Waals surface area contributed by atoms with Gasteiger partial charge in [0.15, 0.2) is 0 Å². The second-order valence-corrected chi connectivity index (χ2v) is 5.78. The van der Waals surface area contributed by atoms with E-state index in [9.17, 15) is 0 Å². The van der Waals surface area contributed by atoms with Crippen LogP contribution in [-0.2, 0) is 0 Å². The van der Waals surface area contributed by atoms with E-state index >= 15 is 0 Å². The molecule has 2 heteroatoms. The molecule has 2 aliphatic rings. The fraction of sp³-hybridized carbons (Fsp3) is 1.00. The minimum atomic E-state index is 0.437. The smallest absolute Gasteiger partial charge is 0.0306 e. The third-order valence-electron chi connectivity index (χ3n) is 4.39. The van der Waals surface area contributed by atoms with Crippen LogP contribution in [0, 0.1) is 0 Å². The fourth-order valence-corrected chi connectivity index (χ4v) is 3.45. The fourth-order valence-electron chi connectivity index (χ4n) is 3.45. The first-order chi connectivity index (χ1) is 7.85. The highest BCUT2D eigenvalue weighted by atomic mass is 15.1. The second kappa shape index (κ2) is 6.02. The molecule has 1 saturated carbocycles. The van der Waals surface area contributed by atoms with Crippen LogP contribution in [0.1, 0.15) is 64.7 Å². The predicted molar refractivity (Wildman–Crippen MR) is 69.8 cm³/mol. The summed E-state index contributed by atoms with van der Waals surface area (Å²) in [6.45, 7) is 4.74. The van der Waals surface area contributed by atoms with E-state index in [0.29, 0.717) is 5.54 Å². The van der Waals surface area contributed by atoms with E-state index in [0.717, 1.165) is 6.04 Å². The molecule has 0 aromatic carbocycles. The molecule has 16 heavy (non-hydrogen) atoms. The van der Waals surface area contributed by atoms with Crippen LogP contribution in [0.25, 0.3) is 0 Å². The van der Waals surface area contributed by atoms with Gasteiger partial charge in [0.05, 0.1) is 0 Å². The molecule has 1 heterocycles. The van der Waals surface area contributed by atoms with Gasteiger partial charge in [-0.25, -0.2) is 0 Å². The molecule has 0 radical (unpaired) electrons. The lowest BCUT2D eigenvalue weighted by Crippen LogP contribution is -2.50. The second-order valence-electron chi connectivity index (χ2n) is 5.78. The molecule has 1 atom stereocenters. The highest BCUT2D eigenvalue weighted by Gasteiger charge is 2.32. The summed E-state index contributed by atoms with van der Waals surface area (Å²) in [5.41, 5.74) is 0.437. The maximum atomic E-state index is 3.83. The lowest BCUT2D eigenvalue weighted by molar-refractivity contribution is 0.284. The van der Waals surface area contributed by atoms with Crippen LogP contribution >= 0.6 is 0 Å². The van der Waals surface area contributed by atoms with E-state index < -0.39 is 0 Å². The van der Waals surface area contributed by atoms with Gasteiger partial charge in [-0.3, -0.25) is 0 Å². The van der Waals surface area contributed by atoms with Crippen LogP contribution in [-0.4, -0.2) is 24.7 Å². The molecule has 1 unspecified atom stereocenters. The van der Waals surface area contributed by atoms with Crippen molar-refractivity contribution in [3.05, 3.63) is 0 Å². The molecular formula is C14H28N2. The zero-order valence-corrected chi connectivity index (χ0v) is 10.9. The summed E-state index contributed by atoms with van der Waals surface area (Å²) in [6, 6.07) is 0.810. The normalized spacial score (nSPS) is 32.1. The molecule has 1 saturated heterocycles. The largest absolute Gasteiger partial charge is 0.312 e. The van der Waals surface area contributed by atoms with Crippen molar-refractivity contribution in [1.29, 1.82) is 0 Å². The molecule has 0 amide bonds. The Bertz CT molecular complexity index is 191. The van der Waals surface area contributed by atoms with E-state index in [2.05, 4.69) is 17.6 Å². The predicted octanol–water partition coefficient (Wildman–Crippen LogP) is 2.83. The van der Waals surface area contributed by atoms with Crippen molar-refractivity contribution in [2.45, 2.75) is 76.3 Å². The first kappa shape index (κ1) is 12.4. The van der Waals surface area contributed by atoms with Crippen LogP contribution in [0.3, 0.4) is 0 Å². The van der Waals surface area contributed by atoms with E-state index in [-0.39, 0.29) is 0 Å². The van der Waals surface area contributed by atoms with Crippen molar-refractivity contribution in [3.63, 3.8) is 0 Å². The Labute approximate surface area is 101 Å². The SMILES string of the molecule is CCCC1(CNC2CCCCC2)CCCN1. The molecule has 2 rings (SSSR count). The Morgan fingerprint density at radius 3 is 2.62 bits per heavy atom. The number of hydrogen-bond acceptors (Lipinski definition) is 2. The van der Waals surface area contributed by atoms with Gasteiger partial charge in [-0.05, 0) is 38.6 Å². The van der Waals surface area contributed by atoms with Gasteiger partial charge in [-0.1, -0.05) is 32.6 Å². The molecule has 0 spiro atoms. The third-order valence-corrected chi connectivity index (χ3v) is 4.39. The van der Waals surface area contributed by atoms with E-state index in [1.54, 1.807) is 0 Å². The van der Waals surface area contributed by atoms with Crippen molar-refractivity contribution in [3.8, 4) is 0 Å². The first-order valence-electron chi connectivity index (χ1n) is 7.33. The van der Waals surface area contributed by atoms with Crippen molar-refractivity contribution in [2.24, 2.45) is 0 Å². The standard InChI is InChI=1S/C14H28N2/c1-2-9-14(10-6-11-16-14)12-15-13-7-4-3-5-8-13/h13,15-16H,2-12H2,1H3. The Morgan fingerprint density at radius 2 is 2.00 bits per heavy atom. The lowest BCUT2D eigenvalue weighted by Gasteiger charge is -2.33. The van der Waals surface area contributed by atoms with Gasteiger partial charge in [0.2, 0.25) is 0 Å². The summed E-state index contributed by atoms with van der Waals surface area (Å²) in [4.78, 5) is 0. The quantitative estimate of drug-likeness (QED) is 0.750. The third kappa shape index (κ3) is 3.21. The monoisotopic (exact) mass is 224 g/mol. The summed E-state index contributed by atoms with van der Waals surface area (Å²) < 4.78 is 0. The van der Waals surface area contributed by atoms with Crippen molar-refractivity contribution in [2.75, 3.05) is 13.1 Å². The first-order valence-corrected chi connectivity index (χ1v) is 7.33. The minimum absolute atomic E-state index is 0.437. The lowest BCUT2D eigenvalue weighted by atomic mass is 9.90. The van der Waals surface area contributed by atoms with E-state index in [1.165, 1.54) is 70.9 Å². The molecule has 0 bridgehead atoms. The van der Waals surface area contributed by atoms with Crippen LogP contribution in [0.2, 0.25) is 0 Å². The Kier molecular flexibility index (Phi) is 4.66. The Morgan fingerprint density at radius 1 is 1.19 bits per heavy atom. The molecular weight excluding hydrogens is 196 g/mol. The van der Waals surface area contributed by atoms with Crippen LogP contribution in [0.15, 0.2) is 0 Å². The molecule has 0 aromatic heterocycles. The van der Waals surface area contributed by atoms with Gasteiger partial charge < -0.3 is 10.6 Å². The molecule has 0 aromatic rings. The average molecular weight is 224 g/mol. The minimum Gasteiger partial charge on any atom is -0.312 e. The summed E-state index contributed by atoms with van der Waals surface area (Å²) in [7, 11) is 0. The molecule has 1 aliphatic heterocycles. The topological polar surface area (TPSA) is 24.1 Å². The molecule has 2 nitrogen and oxygen atoms in total. The van der Waals surface area contributed by atoms with E-state index in [4.69, 9.17) is 0 Å². The van der Waals surface area contributed by atoms with Crippen LogP contribution in [0.5, 0.6) is 0 Å². The molecule has 1 aliphatic carbocycles. The zero-order valence-electron chi connectivity index (χ0n) is 10.9. The summed E-state index contributed by atoms with van der Waals surface area (Å²) in [5.74, 6) is 0. The Hall–Kier alpha value is -0.0800. The van der Waals surface area contributed by atoms with Gasteiger partial charge in [0, 0.05) is 18.1 Å². The molecule has 2 fully saturated rings. The maximum Gasteiger partial charge on any atom is 0.0306 e. The van der Waals surface area contributed by atoms with Crippen LogP contribution in [0.4, 0.5) is 0 Å². The van der Waals surface area contributed by atoms with Crippen molar-refractivity contribution >= 4 is 0 Å². The highest BCUT2D eigenvalue weighted by molar-refractivity contribution is 4.95. The van der Waals surface area contributed by atoms with E-state index in [1.807, 2.05) is 0 Å². The van der Waals surface area contributed by atoms with Gasteiger partial charge in [0.25, 0.3) is 0 Å². The van der Waals surface area contributed by atoms with Gasteiger partial charge in [0.1, 0.15) is 0 Å². The highest BCUT2D eigenvalue weighted by Crippen LogP contribution is 2.25. The van der Waals surface area contributed by atoms with Gasteiger partial charge in [-0.15, -0.1) is 0 Å². The Balaban J connectivity index is 1.76. The van der Waals surface area contributed by atoms with Gasteiger partial charge >= 0.3 is 0 Å².